The third-order valence-corrected chi connectivity index (χ3v) is 1.66. The van der Waals surface area contributed by atoms with Crippen molar-refractivity contribution in [1.29, 1.82) is 0 Å². The highest BCUT2D eigenvalue weighted by Gasteiger charge is 2.11. The first kappa shape index (κ1) is 10.8. The molecule has 0 radical (unpaired) electrons. The summed E-state index contributed by atoms with van der Waals surface area (Å²) in [4.78, 5) is 10.7. The number of carbonyl (C=O) groups excluding carboxylic acids is 1. The van der Waals surface area contributed by atoms with Gasteiger partial charge < -0.3 is 11.1 Å². The average molecular weight is 176 g/mol. The van der Waals surface area contributed by atoms with Gasteiger partial charge in [0.05, 0.1) is 6.04 Å². The number of carbonyl (C=O) groups is 1. The van der Waals surface area contributed by atoms with Crippen molar-refractivity contribution in [3.63, 3.8) is 0 Å². The van der Waals surface area contributed by atoms with Crippen molar-refractivity contribution < 1.29 is 4.79 Å². The lowest BCUT2D eigenvalue weighted by molar-refractivity contribution is -0.120. The van der Waals surface area contributed by atoms with Gasteiger partial charge in [-0.1, -0.05) is 6.92 Å². The number of hydrogen-bond donors (Lipinski definition) is 3. The summed E-state index contributed by atoms with van der Waals surface area (Å²) in [5, 5.41) is 3.05. The van der Waals surface area contributed by atoms with Gasteiger partial charge in [0, 0.05) is 0 Å². The van der Waals surface area contributed by atoms with Gasteiger partial charge in [0.1, 0.15) is 0 Å². The van der Waals surface area contributed by atoms with E-state index in [0.717, 1.165) is 13.0 Å². The van der Waals surface area contributed by atoms with Gasteiger partial charge in [-0.25, -0.2) is 0 Å². The first-order valence-electron chi connectivity index (χ1n) is 3.86. The van der Waals surface area contributed by atoms with Crippen LogP contribution in [0.25, 0.3) is 0 Å². The molecule has 4 heteroatoms. The van der Waals surface area contributed by atoms with Crippen molar-refractivity contribution in [2.75, 3.05) is 12.3 Å². The summed E-state index contributed by atoms with van der Waals surface area (Å²) >= 11 is 4.03. The van der Waals surface area contributed by atoms with E-state index in [2.05, 4.69) is 17.9 Å². The summed E-state index contributed by atoms with van der Waals surface area (Å²) in [6.45, 7) is 2.88. The van der Waals surface area contributed by atoms with Gasteiger partial charge in [-0.15, -0.1) is 0 Å². The van der Waals surface area contributed by atoms with Crippen molar-refractivity contribution in [3.05, 3.63) is 0 Å². The molecule has 0 aliphatic heterocycles. The van der Waals surface area contributed by atoms with Crippen LogP contribution in [0.4, 0.5) is 0 Å². The maximum Gasteiger partial charge on any atom is 0.234 e. The van der Waals surface area contributed by atoms with Gasteiger partial charge >= 0.3 is 0 Å². The SMILES string of the molecule is CCCNC(CCS)C(N)=O. The minimum atomic E-state index is -0.285. The molecule has 3 N–H and O–H groups in total. The first-order valence-corrected chi connectivity index (χ1v) is 4.49. The molecule has 0 aromatic heterocycles. The molecular formula is C7H16N2OS. The van der Waals surface area contributed by atoms with Crippen LogP contribution in [0.3, 0.4) is 0 Å². The second kappa shape index (κ2) is 6.49. The van der Waals surface area contributed by atoms with E-state index < -0.39 is 0 Å². The molecular weight excluding hydrogens is 160 g/mol. The van der Waals surface area contributed by atoms with Crippen LogP contribution in [0.5, 0.6) is 0 Å². The molecule has 1 amide bonds. The lowest BCUT2D eigenvalue weighted by Crippen LogP contribution is -2.41. The Labute approximate surface area is 73.1 Å². The molecule has 1 atom stereocenters. The first-order chi connectivity index (χ1) is 5.22. The van der Waals surface area contributed by atoms with Crippen molar-refractivity contribution in [2.24, 2.45) is 5.73 Å². The fraction of sp³-hybridized carbons (Fsp3) is 0.857. The average Bonchev–Trinajstić information content (AvgIpc) is 1.97. The number of hydrogen-bond acceptors (Lipinski definition) is 3. The van der Waals surface area contributed by atoms with Crippen molar-refractivity contribution >= 4 is 18.5 Å². The normalized spacial score (nSPS) is 12.9. The molecule has 0 bridgehead atoms. The van der Waals surface area contributed by atoms with Crippen LogP contribution in [-0.4, -0.2) is 24.2 Å². The Bertz CT molecular complexity index is 119. The molecule has 0 saturated carbocycles. The lowest BCUT2D eigenvalue weighted by atomic mass is 10.2. The molecule has 0 saturated heterocycles. The number of rotatable bonds is 6. The lowest BCUT2D eigenvalue weighted by Gasteiger charge is -2.12. The minimum Gasteiger partial charge on any atom is -0.368 e. The van der Waals surface area contributed by atoms with Gasteiger partial charge in [0.15, 0.2) is 0 Å². The van der Waals surface area contributed by atoms with E-state index in [1.54, 1.807) is 0 Å². The number of nitrogens with two attached hydrogens (primary N) is 1. The Morgan fingerprint density at radius 3 is 2.73 bits per heavy atom. The number of thiol groups is 1. The quantitative estimate of drug-likeness (QED) is 0.505. The van der Waals surface area contributed by atoms with E-state index in [1.165, 1.54) is 0 Å². The van der Waals surface area contributed by atoms with Gasteiger partial charge in [-0.2, -0.15) is 12.6 Å². The number of amides is 1. The third-order valence-electron chi connectivity index (χ3n) is 1.40. The van der Waals surface area contributed by atoms with E-state index in [4.69, 9.17) is 5.73 Å². The van der Waals surface area contributed by atoms with Crippen molar-refractivity contribution in [1.82, 2.24) is 5.32 Å². The Hall–Kier alpha value is -0.220. The number of nitrogens with one attached hydrogen (secondary N) is 1. The van der Waals surface area contributed by atoms with Gasteiger partial charge in [0.25, 0.3) is 0 Å². The van der Waals surface area contributed by atoms with Crippen LogP contribution in [0.2, 0.25) is 0 Å². The topological polar surface area (TPSA) is 55.1 Å². The van der Waals surface area contributed by atoms with Crippen molar-refractivity contribution in [3.8, 4) is 0 Å². The van der Waals surface area contributed by atoms with Crippen LogP contribution < -0.4 is 11.1 Å². The molecule has 0 heterocycles. The van der Waals surface area contributed by atoms with E-state index in [-0.39, 0.29) is 11.9 Å². The smallest absolute Gasteiger partial charge is 0.234 e. The molecule has 0 rings (SSSR count). The summed E-state index contributed by atoms with van der Waals surface area (Å²) in [6, 6.07) is -0.201. The summed E-state index contributed by atoms with van der Waals surface area (Å²) in [5.41, 5.74) is 5.13. The van der Waals surface area contributed by atoms with Crippen LogP contribution in [0.1, 0.15) is 19.8 Å². The highest BCUT2D eigenvalue weighted by atomic mass is 32.1. The van der Waals surface area contributed by atoms with E-state index >= 15 is 0 Å². The van der Waals surface area contributed by atoms with Crippen LogP contribution in [0.15, 0.2) is 0 Å². The van der Waals surface area contributed by atoms with E-state index in [9.17, 15) is 4.79 Å². The Morgan fingerprint density at radius 2 is 2.36 bits per heavy atom. The van der Waals surface area contributed by atoms with Crippen LogP contribution in [0, 0.1) is 0 Å². The largest absolute Gasteiger partial charge is 0.368 e. The third kappa shape index (κ3) is 5.09. The molecule has 0 aliphatic rings. The maximum atomic E-state index is 10.7. The Balaban J connectivity index is 3.60. The summed E-state index contributed by atoms with van der Waals surface area (Å²) in [5.74, 6) is 0.400. The van der Waals surface area contributed by atoms with Gasteiger partial charge in [0.2, 0.25) is 5.91 Å². The zero-order valence-corrected chi connectivity index (χ0v) is 7.73. The second-order valence-corrected chi connectivity index (χ2v) is 2.87. The molecule has 1 unspecified atom stereocenters. The van der Waals surface area contributed by atoms with Crippen LogP contribution in [-0.2, 0) is 4.79 Å². The molecule has 0 aromatic rings. The van der Waals surface area contributed by atoms with E-state index in [1.807, 2.05) is 6.92 Å². The Kier molecular flexibility index (Phi) is 6.36. The molecule has 3 nitrogen and oxygen atoms in total. The fourth-order valence-corrected chi connectivity index (χ4v) is 1.05. The van der Waals surface area contributed by atoms with Gasteiger partial charge in [-0.3, -0.25) is 4.79 Å². The molecule has 0 aromatic carbocycles. The highest BCUT2D eigenvalue weighted by Crippen LogP contribution is 1.93. The zero-order chi connectivity index (χ0) is 8.69. The maximum absolute atomic E-state index is 10.7. The molecule has 66 valence electrons. The van der Waals surface area contributed by atoms with E-state index in [0.29, 0.717) is 12.2 Å². The predicted molar refractivity (Wildman–Crippen MR) is 49.7 cm³/mol. The molecule has 0 spiro atoms. The van der Waals surface area contributed by atoms with Crippen molar-refractivity contribution in [2.45, 2.75) is 25.8 Å². The minimum absolute atomic E-state index is 0.201. The highest BCUT2D eigenvalue weighted by molar-refractivity contribution is 7.80. The summed E-state index contributed by atoms with van der Waals surface area (Å²) < 4.78 is 0. The number of primary amides is 1. The monoisotopic (exact) mass is 176 g/mol. The summed E-state index contributed by atoms with van der Waals surface area (Å²) in [6.07, 6.45) is 1.72. The van der Waals surface area contributed by atoms with Gasteiger partial charge in [-0.05, 0) is 25.1 Å². The standard InChI is InChI=1S/C7H16N2OS/c1-2-4-9-6(3-5-11)7(8)10/h6,9,11H,2-5H2,1H3,(H2,8,10). The van der Waals surface area contributed by atoms with Crippen LogP contribution >= 0.6 is 12.6 Å². The molecule has 0 aliphatic carbocycles. The Morgan fingerprint density at radius 1 is 1.73 bits per heavy atom. The molecule has 0 fully saturated rings. The summed E-state index contributed by atoms with van der Waals surface area (Å²) in [7, 11) is 0. The predicted octanol–water partition coefficient (Wildman–Crippen LogP) is 0.160. The molecule has 11 heavy (non-hydrogen) atoms. The fourth-order valence-electron chi connectivity index (χ4n) is 0.793. The second-order valence-electron chi connectivity index (χ2n) is 2.42. The zero-order valence-electron chi connectivity index (χ0n) is 6.84.